The van der Waals surface area contributed by atoms with Crippen LogP contribution in [0.1, 0.15) is 12.0 Å². The lowest BCUT2D eigenvalue weighted by molar-refractivity contribution is 0.0275. The first-order valence-corrected chi connectivity index (χ1v) is 5.20. The largest absolute Gasteiger partial charge is 0.436 e. The van der Waals surface area contributed by atoms with Crippen LogP contribution < -0.4 is 10.6 Å². The number of hydrogen-bond donors (Lipinski definition) is 2. The maximum absolute atomic E-state index is 13.2. The molecule has 0 bridgehead atoms. The highest BCUT2D eigenvalue weighted by atomic mass is 35.5. The summed E-state index contributed by atoms with van der Waals surface area (Å²) in [4.78, 5) is 11.4. The minimum absolute atomic E-state index is 0. The summed E-state index contributed by atoms with van der Waals surface area (Å²) in [6.07, 6.45) is 0.208. The molecule has 17 heavy (non-hydrogen) atoms. The second kappa shape index (κ2) is 4.16. The smallest absolute Gasteiger partial charge is 0.412 e. The number of hydrogen-bond acceptors (Lipinski definition) is 3. The lowest BCUT2D eigenvalue weighted by atomic mass is 9.90. The third-order valence-electron chi connectivity index (χ3n) is 3.11. The standard InChI is InChI=1S/C11H11FN2O2.ClH/c12-7-1-2-9-8(5-7)11(3-4-13-6-11)16-10(15)14-9;/h1-2,5,13H,3-4,6H2,(H,14,15);1H. The number of benzene rings is 1. The molecule has 0 aromatic heterocycles. The summed E-state index contributed by atoms with van der Waals surface area (Å²) in [7, 11) is 0. The molecule has 0 saturated carbocycles. The predicted molar refractivity (Wildman–Crippen MR) is 62.9 cm³/mol. The lowest BCUT2D eigenvalue weighted by Crippen LogP contribution is -2.41. The Morgan fingerprint density at radius 1 is 1.41 bits per heavy atom. The highest BCUT2D eigenvalue weighted by Gasteiger charge is 2.44. The molecular weight excluding hydrogens is 247 g/mol. The van der Waals surface area contributed by atoms with Crippen molar-refractivity contribution in [3.05, 3.63) is 29.6 Å². The van der Waals surface area contributed by atoms with E-state index in [1.807, 2.05) is 0 Å². The molecule has 1 aromatic rings. The number of fused-ring (bicyclic) bond motifs is 2. The Hall–Kier alpha value is -1.33. The molecule has 1 fully saturated rings. The third-order valence-corrected chi connectivity index (χ3v) is 3.11. The van der Waals surface area contributed by atoms with Gasteiger partial charge in [0, 0.05) is 18.5 Å². The fourth-order valence-corrected chi connectivity index (χ4v) is 2.36. The van der Waals surface area contributed by atoms with Crippen molar-refractivity contribution >= 4 is 24.2 Å². The Morgan fingerprint density at radius 3 is 2.94 bits per heavy atom. The fourth-order valence-electron chi connectivity index (χ4n) is 2.36. The number of nitrogens with one attached hydrogen (secondary N) is 2. The average Bonchev–Trinajstić information content (AvgIpc) is 2.69. The molecule has 2 heterocycles. The quantitative estimate of drug-likeness (QED) is 0.748. The molecule has 1 aromatic carbocycles. The Bertz CT molecular complexity index is 461. The zero-order valence-electron chi connectivity index (χ0n) is 8.96. The van der Waals surface area contributed by atoms with Gasteiger partial charge >= 0.3 is 6.09 Å². The minimum atomic E-state index is -0.695. The van der Waals surface area contributed by atoms with Crippen LogP contribution in [-0.2, 0) is 10.3 Å². The minimum Gasteiger partial charge on any atom is -0.436 e. The van der Waals surface area contributed by atoms with Gasteiger partial charge in [-0.15, -0.1) is 12.4 Å². The summed E-state index contributed by atoms with van der Waals surface area (Å²) in [5.41, 5.74) is 0.665. The first-order chi connectivity index (χ1) is 7.70. The number of halogens is 2. The van der Waals surface area contributed by atoms with Crippen LogP contribution in [0.3, 0.4) is 0 Å². The molecule has 6 heteroatoms. The lowest BCUT2D eigenvalue weighted by Gasteiger charge is -2.34. The van der Waals surface area contributed by atoms with Crippen LogP contribution in [0.2, 0.25) is 0 Å². The van der Waals surface area contributed by atoms with Gasteiger partial charge in [0.2, 0.25) is 0 Å². The van der Waals surface area contributed by atoms with E-state index in [2.05, 4.69) is 10.6 Å². The monoisotopic (exact) mass is 258 g/mol. The molecule has 1 amide bonds. The van der Waals surface area contributed by atoms with E-state index < -0.39 is 11.7 Å². The topological polar surface area (TPSA) is 50.4 Å². The second-order valence-corrected chi connectivity index (χ2v) is 4.13. The molecule has 4 nitrogen and oxygen atoms in total. The van der Waals surface area contributed by atoms with Crippen LogP contribution >= 0.6 is 12.4 Å². The van der Waals surface area contributed by atoms with Crippen molar-refractivity contribution in [1.29, 1.82) is 0 Å². The van der Waals surface area contributed by atoms with Gasteiger partial charge in [0.15, 0.2) is 5.60 Å². The summed E-state index contributed by atoms with van der Waals surface area (Å²) < 4.78 is 18.6. The van der Waals surface area contributed by atoms with Crippen molar-refractivity contribution in [2.45, 2.75) is 12.0 Å². The van der Waals surface area contributed by atoms with Crippen LogP contribution in [0.25, 0.3) is 0 Å². The number of rotatable bonds is 0. The van der Waals surface area contributed by atoms with E-state index in [9.17, 15) is 9.18 Å². The van der Waals surface area contributed by atoms with E-state index in [0.29, 0.717) is 18.7 Å². The van der Waals surface area contributed by atoms with Crippen molar-refractivity contribution in [2.24, 2.45) is 0 Å². The molecular formula is C11H12ClFN2O2. The number of amides is 1. The summed E-state index contributed by atoms with van der Waals surface area (Å²) in [5, 5.41) is 5.72. The number of anilines is 1. The van der Waals surface area contributed by atoms with Gasteiger partial charge in [-0.25, -0.2) is 9.18 Å². The van der Waals surface area contributed by atoms with E-state index in [1.165, 1.54) is 12.1 Å². The summed E-state index contributed by atoms with van der Waals surface area (Å²) in [5.74, 6) is -0.315. The van der Waals surface area contributed by atoms with Gasteiger partial charge in [0.25, 0.3) is 0 Å². The normalized spacial score (nSPS) is 25.8. The molecule has 1 unspecified atom stereocenters. The van der Waals surface area contributed by atoms with Crippen LogP contribution in [-0.4, -0.2) is 19.2 Å². The zero-order chi connectivity index (χ0) is 11.2. The van der Waals surface area contributed by atoms with Gasteiger partial charge in [0.05, 0.1) is 5.69 Å². The molecule has 1 spiro atoms. The van der Waals surface area contributed by atoms with E-state index in [4.69, 9.17) is 4.74 Å². The van der Waals surface area contributed by atoms with Crippen molar-refractivity contribution in [3.63, 3.8) is 0 Å². The van der Waals surface area contributed by atoms with Gasteiger partial charge in [-0.3, -0.25) is 5.32 Å². The molecule has 92 valence electrons. The maximum Gasteiger partial charge on any atom is 0.412 e. The van der Waals surface area contributed by atoms with Crippen LogP contribution in [0.4, 0.5) is 14.9 Å². The Kier molecular flexibility index (Phi) is 2.97. The van der Waals surface area contributed by atoms with E-state index >= 15 is 0 Å². The Labute approximate surface area is 104 Å². The second-order valence-electron chi connectivity index (χ2n) is 4.13. The SMILES string of the molecule is Cl.O=C1Nc2ccc(F)cc2C2(CCNC2)O1. The third kappa shape index (κ3) is 1.85. The van der Waals surface area contributed by atoms with Crippen LogP contribution in [0.5, 0.6) is 0 Å². The molecule has 2 aliphatic heterocycles. The van der Waals surface area contributed by atoms with E-state index in [0.717, 1.165) is 12.1 Å². The summed E-state index contributed by atoms with van der Waals surface area (Å²) in [6.45, 7) is 1.31. The van der Waals surface area contributed by atoms with Crippen molar-refractivity contribution in [1.82, 2.24) is 5.32 Å². The molecule has 1 atom stereocenters. The first-order valence-electron chi connectivity index (χ1n) is 5.20. The Balaban J connectivity index is 0.00000108. The average molecular weight is 259 g/mol. The van der Waals surface area contributed by atoms with E-state index in [-0.39, 0.29) is 18.2 Å². The summed E-state index contributed by atoms with van der Waals surface area (Å²) >= 11 is 0. The molecule has 0 radical (unpaired) electrons. The molecule has 1 saturated heterocycles. The predicted octanol–water partition coefficient (Wildman–Crippen LogP) is 2.00. The zero-order valence-corrected chi connectivity index (χ0v) is 9.77. The van der Waals surface area contributed by atoms with E-state index in [1.54, 1.807) is 6.07 Å². The fraction of sp³-hybridized carbons (Fsp3) is 0.364. The van der Waals surface area contributed by atoms with Crippen molar-refractivity contribution < 1.29 is 13.9 Å². The van der Waals surface area contributed by atoms with Gasteiger partial charge in [0.1, 0.15) is 5.82 Å². The summed E-state index contributed by atoms with van der Waals surface area (Å²) in [6, 6.07) is 4.34. The van der Waals surface area contributed by atoms with Gasteiger partial charge in [-0.2, -0.15) is 0 Å². The van der Waals surface area contributed by atoms with Crippen molar-refractivity contribution in [3.8, 4) is 0 Å². The van der Waals surface area contributed by atoms with Gasteiger partial charge in [-0.05, 0) is 24.7 Å². The highest BCUT2D eigenvalue weighted by molar-refractivity contribution is 5.89. The van der Waals surface area contributed by atoms with Crippen LogP contribution in [0, 0.1) is 5.82 Å². The van der Waals surface area contributed by atoms with Crippen LogP contribution in [0.15, 0.2) is 18.2 Å². The van der Waals surface area contributed by atoms with Gasteiger partial charge < -0.3 is 10.1 Å². The first kappa shape index (κ1) is 12.1. The highest BCUT2D eigenvalue weighted by Crippen LogP contribution is 2.40. The maximum atomic E-state index is 13.2. The molecule has 3 rings (SSSR count). The molecule has 2 N–H and O–H groups in total. The van der Waals surface area contributed by atoms with Gasteiger partial charge in [-0.1, -0.05) is 0 Å². The number of ether oxygens (including phenoxy) is 1. The van der Waals surface area contributed by atoms with Crippen molar-refractivity contribution in [2.75, 3.05) is 18.4 Å². The number of carbonyl (C=O) groups excluding carboxylic acids is 1. The molecule has 0 aliphatic carbocycles. The number of carbonyl (C=O) groups is 1. The Morgan fingerprint density at radius 2 is 2.24 bits per heavy atom. The molecule has 2 aliphatic rings.